The first-order chi connectivity index (χ1) is 22.1. The number of hydrogen-bond acceptors (Lipinski definition) is 7. The fourth-order valence-corrected chi connectivity index (χ4v) is 8.94. The van der Waals surface area contributed by atoms with Crippen molar-refractivity contribution in [2.75, 3.05) is 35.4 Å². The summed E-state index contributed by atoms with van der Waals surface area (Å²) in [6.45, 7) is 5.32. The smallest absolute Gasteiger partial charge is 0.372 e. The molecule has 1 aliphatic rings. The van der Waals surface area contributed by atoms with Gasteiger partial charge >= 0.3 is 5.97 Å². The maximum absolute atomic E-state index is 14.6. The van der Waals surface area contributed by atoms with Crippen LogP contribution < -0.4 is 9.21 Å². The number of carboxylic acid groups (broad SMARTS) is 1. The molecule has 1 N–H and O–H groups in total. The molecule has 1 amide bonds. The van der Waals surface area contributed by atoms with Crippen LogP contribution in [-0.2, 0) is 16.4 Å². The van der Waals surface area contributed by atoms with Crippen LogP contribution in [0.4, 0.5) is 11.4 Å². The van der Waals surface area contributed by atoms with Gasteiger partial charge < -0.3 is 19.3 Å². The van der Waals surface area contributed by atoms with Crippen LogP contribution in [0.2, 0.25) is 0 Å². The quantitative estimate of drug-likeness (QED) is 0.174. The van der Waals surface area contributed by atoms with Crippen molar-refractivity contribution in [1.82, 2.24) is 4.90 Å². The zero-order valence-corrected chi connectivity index (χ0v) is 28.4. The van der Waals surface area contributed by atoms with Crippen molar-refractivity contribution in [3.63, 3.8) is 0 Å². The Morgan fingerprint density at radius 1 is 1.04 bits per heavy atom. The van der Waals surface area contributed by atoms with Gasteiger partial charge in [-0.25, -0.2) is 13.2 Å². The molecule has 2 aromatic heterocycles. The molecule has 1 atom stereocenters. The zero-order valence-electron chi connectivity index (χ0n) is 25.2. The van der Waals surface area contributed by atoms with Gasteiger partial charge in [-0.2, -0.15) is 0 Å². The van der Waals surface area contributed by atoms with Crippen molar-refractivity contribution >= 4 is 71.5 Å². The molecule has 1 fully saturated rings. The van der Waals surface area contributed by atoms with Gasteiger partial charge in [-0.15, -0.1) is 11.3 Å². The Hall–Kier alpha value is -4.13. The molecule has 3 heterocycles. The first-order valence-corrected chi connectivity index (χ1v) is 17.9. The number of fused-ring (bicyclic) bond motifs is 1. The highest BCUT2D eigenvalue weighted by molar-refractivity contribution is 9.10. The van der Waals surface area contributed by atoms with E-state index in [4.69, 9.17) is 4.42 Å². The average molecular weight is 723 g/mol. The van der Waals surface area contributed by atoms with Gasteiger partial charge in [0.25, 0.3) is 15.9 Å². The fraction of sp³-hybridized carbons (Fsp3) is 0.235. The van der Waals surface area contributed by atoms with E-state index in [-0.39, 0.29) is 29.1 Å². The minimum absolute atomic E-state index is 0.0228. The Labute approximate surface area is 279 Å². The zero-order chi connectivity index (χ0) is 32.6. The molecule has 12 heteroatoms. The third-order valence-corrected chi connectivity index (χ3v) is 12.0. The topological polar surface area (TPSA) is 111 Å². The fourth-order valence-electron chi connectivity index (χ4n) is 5.93. The van der Waals surface area contributed by atoms with Gasteiger partial charge in [-0.3, -0.25) is 9.10 Å². The lowest BCUT2D eigenvalue weighted by Crippen LogP contribution is -2.54. The number of anilines is 2. The molecule has 3 aromatic carbocycles. The maximum Gasteiger partial charge on any atom is 0.372 e. The Bertz CT molecular complexity index is 2020. The van der Waals surface area contributed by atoms with Crippen LogP contribution >= 0.6 is 27.3 Å². The number of amides is 1. The summed E-state index contributed by atoms with van der Waals surface area (Å²) in [6, 6.07) is 23.4. The first-order valence-electron chi connectivity index (χ1n) is 14.8. The summed E-state index contributed by atoms with van der Waals surface area (Å²) < 4.78 is 36.8. The van der Waals surface area contributed by atoms with E-state index in [1.165, 1.54) is 33.8 Å². The third kappa shape index (κ3) is 6.04. The maximum atomic E-state index is 14.6. The predicted molar refractivity (Wildman–Crippen MR) is 184 cm³/mol. The van der Waals surface area contributed by atoms with Gasteiger partial charge in [0.05, 0.1) is 16.3 Å². The summed E-state index contributed by atoms with van der Waals surface area (Å²) in [4.78, 5) is 29.7. The normalized spacial score (nSPS) is 15.3. The summed E-state index contributed by atoms with van der Waals surface area (Å²) in [6.07, 6.45) is 0.471. The van der Waals surface area contributed by atoms with Crippen LogP contribution in [-0.4, -0.2) is 62.5 Å². The van der Waals surface area contributed by atoms with Crippen molar-refractivity contribution in [1.29, 1.82) is 0 Å². The molecular weight excluding hydrogens is 690 g/mol. The number of piperazine rings is 1. The van der Waals surface area contributed by atoms with Gasteiger partial charge in [-0.1, -0.05) is 42.5 Å². The summed E-state index contributed by atoms with van der Waals surface area (Å²) >= 11 is 4.89. The molecule has 0 bridgehead atoms. The molecule has 0 radical (unpaired) electrons. The Balaban J connectivity index is 1.36. The molecular formula is C34H32BrN3O6S2. The van der Waals surface area contributed by atoms with Crippen molar-refractivity contribution in [3.8, 4) is 0 Å². The lowest BCUT2D eigenvalue weighted by Gasteiger charge is -2.42. The lowest BCUT2D eigenvalue weighted by molar-refractivity contribution is 0.0659. The van der Waals surface area contributed by atoms with Crippen molar-refractivity contribution in [2.24, 2.45) is 0 Å². The molecule has 1 aliphatic heterocycles. The SMILES string of the molecule is Cc1c(C(=O)O)oc2ccc(S(=O)(=O)N(CCc3ccccc3)c3ccccc3N3CCN(C(=O)c4sccc4Br)C(C)C3)cc12. The number of aryl methyl sites for hydroxylation is 1. The van der Waals surface area contributed by atoms with E-state index in [1.807, 2.05) is 77.9 Å². The number of benzene rings is 3. The van der Waals surface area contributed by atoms with Crippen LogP contribution in [0.15, 0.2) is 98.0 Å². The van der Waals surface area contributed by atoms with Crippen LogP contribution in [0, 0.1) is 6.92 Å². The van der Waals surface area contributed by atoms with E-state index in [9.17, 15) is 23.1 Å². The van der Waals surface area contributed by atoms with Crippen molar-refractivity contribution < 1.29 is 27.5 Å². The number of hydrogen-bond donors (Lipinski definition) is 1. The van der Waals surface area contributed by atoms with E-state index in [2.05, 4.69) is 20.8 Å². The van der Waals surface area contributed by atoms with Crippen LogP contribution in [0.25, 0.3) is 11.0 Å². The molecule has 0 aliphatic carbocycles. The van der Waals surface area contributed by atoms with E-state index in [1.54, 1.807) is 6.92 Å². The summed E-state index contributed by atoms with van der Waals surface area (Å²) in [5.41, 5.74) is 2.95. The Kier molecular flexibility index (Phi) is 8.95. The minimum Gasteiger partial charge on any atom is -0.475 e. The number of carbonyl (C=O) groups is 2. The second-order valence-electron chi connectivity index (χ2n) is 11.2. The molecule has 5 aromatic rings. The highest BCUT2D eigenvalue weighted by atomic mass is 79.9. The van der Waals surface area contributed by atoms with Gasteiger partial charge in [0.15, 0.2) is 0 Å². The molecule has 1 saturated heterocycles. The molecule has 1 unspecified atom stereocenters. The molecule has 0 saturated carbocycles. The number of furan rings is 1. The minimum atomic E-state index is -4.13. The Morgan fingerprint density at radius 2 is 1.78 bits per heavy atom. The number of carbonyl (C=O) groups excluding carboxylic acids is 1. The van der Waals surface area contributed by atoms with E-state index in [0.29, 0.717) is 53.2 Å². The van der Waals surface area contributed by atoms with Crippen LogP contribution in [0.1, 0.15) is 38.3 Å². The number of rotatable bonds is 9. The van der Waals surface area contributed by atoms with E-state index < -0.39 is 16.0 Å². The van der Waals surface area contributed by atoms with Gasteiger partial charge in [0, 0.05) is 47.6 Å². The first kappa shape index (κ1) is 31.8. The van der Waals surface area contributed by atoms with Gasteiger partial charge in [0.1, 0.15) is 10.5 Å². The standard InChI is InChI=1S/C34H32BrN3O6S2/c1-22-21-36(17-18-37(22)33(39)32-27(35)15-19-45-32)28-10-6-7-11-29(28)38(16-14-24-8-4-3-5-9-24)46(42,43)25-12-13-30-26(20-25)23(2)31(44-30)34(40)41/h3-13,15,19-20,22H,14,16-18,21H2,1-2H3,(H,40,41). The number of halogens is 1. The highest BCUT2D eigenvalue weighted by Gasteiger charge is 2.33. The molecule has 9 nitrogen and oxygen atoms in total. The predicted octanol–water partition coefficient (Wildman–Crippen LogP) is 7.05. The third-order valence-electron chi connectivity index (χ3n) is 8.33. The number of thiophene rings is 1. The van der Waals surface area contributed by atoms with Crippen LogP contribution in [0.5, 0.6) is 0 Å². The second kappa shape index (κ2) is 12.9. The monoisotopic (exact) mass is 721 g/mol. The van der Waals surface area contributed by atoms with Crippen LogP contribution in [0.3, 0.4) is 0 Å². The molecule has 46 heavy (non-hydrogen) atoms. The van der Waals surface area contributed by atoms with Gasteiger partial charge in [0.2, 0.25) is 5.76 Å². The van der Waals surface area contributed by atoms with Crippen molar-refractivity contribution in [3.05, 3.63) is 110 Å². The summed E-state index contributed by atoms with van der Waals surface area (Å²) in [7, 11) is -4.13. The lowest BCUT2D eigenvalue weighted by atomic mass is 10.1. The number of para-hydroxylation sites is 2. The summed E-state index contributed by atoms with van der Waals surface area (Å²) in [5.74, 6) is -1.45. The van der Waals surface area contributed by atoms with Gasteiger partial charge in [-0.05, 0) is 83.5 Å². The number of sulfonamides is 1. The van der Waals surface area contributed by atoms with E-state index in [0.717, 1.165) is 15.7 Å². The number of aromatic carboxylic acids is 1. The summed E-state index contributed by atoms with van der Waals surface area (Å²) in [5, 5.41) is 11.9. The average Bonchev–Trinajstić information content (AvgIpc) is 3.63. The number of carboxylic acids is 1. The molecule has 238 valence electrons. The molecule has 0 spiro atoms. The second-order valence-corrected chi connectivity index (χ2v) is 14.8. The largest absolute Gasteiger partial charge is 0.475 e. The number of nitrogens with zero attached hydrogens (tertiary/aromatic N) is 3. The molecule has 6 rings (SSSR count). The highest BCUT2D eigenvalue weighted by Crippen LogP contribution is 2.37. The Morgan fingerprint density at radius 3 is 2.48 bits per heavy atom. The van der Waals surface area contributed by atoms with Crippen molar-refractivity contribution in [2.45, 2.75) is 31.2 Å². The van der Waals surface area contributed by atoms with E-state index >= 15 is 0 Å².